The van der Waals surface area contributed by atoms with E-state index in [4.69, 9.17) is 4.74 Å². The van der Waals surface area contributed by atoms with Crippen molar-refractivity contribution in [1.82, 2.24) is 5.32 Å². The van der Waals surface area contributed by atoms with Gasteiger partial charge >= 0.3 is 0 Å². The van der Waals surface area contributed by atoms with Crippen LogP contribution in [-0.2, 0) is 4.79 Å². The van der Waals surface area contributed by atoms with E-state index in [0.29, 0.717) is 31.0 Å². The van der Waals surface area contributed by atoms with E-state index < -0.39 is 0 Å². The van der Waals surface area contributed by atoms with Crippen LogP contribution < -0.4 is 15.0 Å². The second kappa shape index (κ2) is 5.82. The Morgan fingerprint density at radius 3 is 2.78 bits per heavy atom. The smallest absolute Gasteiger partial charge is 0.227 e. The summed E-state index contributed by atoms with van der Waals surface area (Å²) in [5, 5.41) is 3.66. The number of aryl methyl sites for hydroxylation is 1. The minimum Gasteiger partial charge on any atom is -0.487 e. The average molecular weight is 314 g/mol. The molecular weight excluding hydrogens is 288 g/mol. The lowest BCUT2D eigenvalue weighted by atomic mass is 9.89. The molecule has 3 heterocycles. The Morgan fingerprint density at radius 2 is 2.04 bits per heavy atom. The molecule has 1 N–H and O–H groups in total. The van der Waals surface area contributed by atoms with Crippen molar-refractivity contribution in [1.29, 1.82) is 0 Å². The predicted molar refractivity (Wildman–Crippen MR) is 90.9 cm³/mol. The number of amides is 1. The topological polar surface area (TPSA) is 41.6 Å². The molecule has 3 atom stereocenters. The van der Waals surface area contributed by atoms with Crippen LogP contribution >= 0.6 is 0 Å². The maximum absolute atomic E-state index is 12.9. The van der Waals surface area contributed by atoms with Gasteiger partial charge in [0.15, 0.2) is 0 Å². The Balaban J connectivity index is 1.50. The van der Waals surface area contributed by atoms with E-state index in [0.717, 1.165) is 24.3 Å². The molecule has 0 radical (unpaired) electrons. The molecule has 3 aliphatic rings. The van der Waals surface area contributed by atoms with Crippen LogP contribution in [-0.4, -0.2) is 30.6 Å². The first-order valence-electron chi connectivity index (χ1n) is 8.92. The van der Waals surface area contributed by atoms with Crippen LogP contribution in [0.4, 0.5) is 5.69 Å². The molecule has 0 aliphatic carbocycles. The van der Waals surface area contributed by atoms with Crippen molar-refractivity contribution >= 4 is 11.6 Å². The Hall–Kier alpha value is -1.55. The lowest BCUT2D eigenvalue weighted by Crippen LogP contribution is -2.44. The van der Waals surface area contributed by atoms with Gasteiger partial charge in [-0.05, 0) is 63.1 Å². The highest BCUT2D eigenvalue weighted by Crippen LogP contribution is 2.37. The standard InChI is InChI=1S/C19H26N2O2/c1-12-3-6-17-18(7-12)23-13(2)11-21(17)19(22)10-14-8-15-4-5-16(9-14)20-15/h3,6-7,13-16,20H,4-5,8-11H2,1-2H3. The van der Waals surface area contributed by atoms with Gasteiger partial charge in [-0.25, -0.2) is 0 Å². The third kappa shape index (κ3) is 2.97. The fraction of sp³-hybridized carbons (Fsp3) is 0.632. The van der Waals surface area contributed by atoms with Gasteiger partial charge in [-0.2, -0.15) is 0 Å². The number of ether oxygens (including phenoxy) is 1. The fourth-order valence-corrected chi connectivity index (χ4v) is 4.48. The first kappa shape index (κ1) is 15.0. The molecule has 1 amide bonds. The van der Waals surface area contributed by atoms with Crippen molar-refractivity contribution in [2.24, 2.45) is 5.92 Å². The maximum Gasteiger partial charge on any atom is 0.227 e. The zero-order valence-electron chi connectivity index (χ0n) is 14.0. The fourth-order valence-electron chi connectivity index (χ4n) is 4.48. The van der Waals surface area contributed by atoms with Crippen molar-refractivity contribution in [2.75, 3.05) is 11.4 Å². The van der Waals surface area contributed by atoms with Gasteiger partial charge < -0.3 is 15.0 Å². The molecule has 124 valence electrons. The molecule has 0 aromatic heterocycles. The Labute approximate surface area is 138 Å². The van der Waals surface area contributed by atoms with Crippen molar-refractivity contribution in [3.63, 3.8) is 0 Å². The van der Waals surface area contributed by atoms with Gasteiger partial charge in [0.25, 0.3) is 0 Å². The summed E-state index contributed by atoms with van der Waals surface area (Å²) >= 11 is 0. The number of hydrogen-bond acceptors (Lipinski definition) is 3. The minimum atomic E-state index is 0.0532. The van der Waals surface area contributed by atoms with E-state index in [1.54, 1.807) is 0 Å². The van der Waals surface area contributed by atoms with Crippen molar-refractivity contribution in [3.8, 4) is 5.75 Å². The number of carbonyl (C=O) groups is 1. The molecule has 2 bridgehead atoms. The number of benzene rings is 1. The molecule has 1 aromatic rings. The molecule has 3 unspecified atom stereocenters. The predicted octanol–water partition coefficient (Wildman–Crippen LogP) is 3.03. The van der Waals surface area contributed by atoms with Crippen LogP contribution in [0, 0.1) is 12.8 Å². The summed E-state index contributed by atoms with van der Waals surface area (Å²) in [6.07, 6.45) is 5.61. The van der Waals surface area contributed by atoms with E-state index in [2.05, 4.69) is 18.3 Å². The Morgan fingerprint density at radius 1 is 1.30 bits per heavy atom. The zero-order valence-corrected chi connectivity index (χ0v) is 14.0. The van der Waals surface area contributed by atoms with Crippen molar-refractivity contribution in [3.05, 3.63) is 23.8 Å². The summed E-state index contributed by atoms with van der Waals surface area (Å²) in [7, 11) is 0. The number of nitrogens with zero attached hydrogens (tertiary/aromatic N) is 1. The third-order valence-corrected chi connectivity index (χ3v) is 5.51. The molecule has 23 heavy (non-hydrogen) atoms. The van der Waals surface area contributed by atoms with E-state index in [-0.39, 0.29) is 12.0 Å². The highest BCUT2D eigenvalue weighted by molar-refractivity contribution is 5.95. The van der Waals surface area contributed by atoms with E-state index >= 15 is 0 Å². The summed E-state index contributed by atoms with van der Waals surface area (Å²) in [6.45, 7) is 4.75. The lowest BCUT2D eigenvalue weighted by Gasteiger charge is -2.35. The van der Waals surface area contributed by atoms with E-state index in [9.17, 15) is 4.79 Å². The van der Waals surface area contributed by atoms with Gasteiger partial charge in [0.2, 0.25) is 5.91 Å². The minimum absolute atomic E-state index is 0.0532. The van der Waals surface area contributed by atoms with Gasteiger partial charge in [-0.1, -0.05) is 6.07 Å². The summed E-state index contributed by atoms with van der Waals surface area (Å²) in [5.41, 5.74) is 2.11. The van der Waals surface area contributed by atoms with Gasteiger partial charge in [0.05, 0.1) is 12.2 Å². The molecule has 2 fully saturated rings. The summed E-state index contributed by atoms with van der Waals surface area (Å²) < 4.78 is 5.92. The number of nitrogens with one attached hydrogen (secondary N) is 1. The summed E-state index contributed by atoms with van der Waals surface area (Å²) in [4.78, 5) is 14.9. The average Bonchev–Trinajstić information content (AvgIpc) is 2.84. The molecule has 1 aromatic carbocycles. The number of hydrogen-bond donors (Lipinski definition) is 1. The summed E-state index contributed by atoms with van der Waals surface area (Å²) in [6, 6.07) is 7.41. The van der Waals surface area contributed by atoms with Crippen molar-refractivity contribution < 1.29 is 9.53 Å². The number of rotatable bonds is 2. The van der Waals surface area contributed by atoms with E-state index in [1.807, 2.05) is 24.0 Å². The van der Waals surface area contributed by atoms with Gasteiger partial charge in [-0.15, -0.1) is 0 Å². The van der Waals surface area contributed by atoms with Crippen LogP contribution in [0.5, 0.6) is 5.75 Å². The quantitative estimate of drug-likeness (QED) is 0.912. The second-order valence-corrected chi connectivity index (χ2v) is 7.58. The first-order chi connectivity index (χ1) is 11.1. The Bertz CT molecular complexity index is 603. The zero-order chi connectivity index (χ0) is 16.0. The third-order valence-electron chi connectivity index (χ3n) is 5.51. The molecule has 0 saturated carbocycles. The second-order valence-electron chi connectivity index (χ2n) is 7.58. The number of anilines is 1. The molecule has 4 nitrogen and oxygen atoms in total. The number of fused-ring (bicyclic) bond motifs is 3. The SMILES string of the molecule is Cc1ccc2c(c1)OC(C)CN2C(=O)CC1CC2CCC(C1)N2. The van der Waals surface area contributed by atoms with Crippen LogP contribution in [0.2, 0.25) is 0 Å². The normalized spacial score (nSPS) is 32.3. The van der Waals surface area contributed by atoms with Crippen LogP contribution in [0.15, 0.2) is 18.2 Å². The van der Waals surface area contributed by atoms with Gasteiger partial charge in [-0.3, -0.25) is 4.79 Å². The highest BCUT2D eigenvalue weighted by Gasteiger charge is 2.36. The molecule has 0 spiro atoms. The van der Waals surface area contributed by atoms with Gasteiger partial charge in [0, 0.05) is 18.5 Å². The molecule has 4 rings (SSSR count). The van der Waals surface area contributed by atoms with Crippen molar-refractivity contribution in [2.45, 2.75) is 64.1 Å². The molecule has 3 aliphatic heterocycles. The summed E-state index contributed by atoms with van der Waals surface area (Å²) in [5.74, 6) is 1.65. The van der Waals surface area contributed by atoms with Crippen LogP contribution in [0.25, 0.3) is 0 Å². The molecule has 2 saturated heterocycles. The number of piperidine rings is 1. The lowest BCUT2D eigenvalue weighted by molar-refractivity contribution is -0.120. The maximum atomic E-state index is 12.9. The monoisotopic (exact) mass is 314 g/mol. The largest absolute Gasteiger partial charge is 0.487 e. The Kier molecular flexibility index (Phi) is 3.80. The van der Waals surface area contributed by atoms with Gasteiger partial charge in [0.1, 0.15) is 11.9 Å². The number of carbonyl (C=O) groups excluding carboxylic acids is 1. The molecular formula is C19H26N2O2. The van der Waals surface area contributed by atoms with E-state index in [1.165, 1.54) is 18.4 Å². The highest BCUT2D eigenvalue weighted by atomic mass is 16.5. The molecule has 4 heteroatoms. The van der Waals surface area contributed by atoms with Crippen LogP contribution in [0.1, 0.15) is 44.6 Å². The van der Waals surface area contributed by atoms with Crippen LogP contribution in [0.3, 0.4) is 0 Å². The first-order valence-corrected chi connectivity index (χ1v) is 8.92.